The number of rotatable bonds is 6. The van der Waals surface area contributed by atoms with Crippen LogP contribution < -0.4 is 5.32 Å². The molecule has 1 atom stereocenters. The molecule has 6 heteroatoms. The lowest BCUT2D eigenvalue weighted by Crippen LogP contribution is -2.42. The molecule has 1 aromatic carbocycles. The summed E-state index contributed by atoms with van der Waals surface area (Å²) in [4.78, 5) is 25.4. The van der Waals surface area contributed by atoms with E-state index in [2.05, 4.69) is 22.3 Å². The van der Waals surface area contributed by atoms with Crippen LogP contribution in [0.5, 0.6) is 0 Å². The molecule has 1 amide bonds. The summed E-state index contributed by atoms with van der Waals surface area (Å²) in [6, 6.07) is 12.9. The van der Waals surface area contributed by atoms with E-state index in [0.717, 1.165) is 25.9 Å². The minimum atomic E-state index is -1.11. The zero-order chi connectivity index (χ0) is 16.9. The second-order valence-electron chi connectivity index (χ2n) is 5.90. The Morgan fingerprint density at radius 1 is 1.21 bits per heavy atom. The van der Waals surface area contributed by atoms with Crippen molar-refractivity contribution in [2.24, 2.45) is 0 Å². The molecular formula is C18H20N2O4. The van der Waals surface area contributed by atoms with Crippen LogP contribution in [0.3, 0.4) is 0 Å². The van der Waals surface area contributed by atoms with Gasteiger partial charge in [-0.25, -0.2) is 4.79 Å². The number of furan rings is 1. The maximum absolute atomic E-state index is 12.4. The SMILES string of the molecule is O=C(O)c1ccc(CNC(=O)[C@H]2CCCN2Cc2ccccc2)o1. The number of likely N-dealkylation sites (tertiary alicyclic amines) is 1. The number of hydrogen-bond acceptors (Lipinski definition) is 4. The van der Waals surface area contributed by atoms with Crippen LogP contribution in [0, 0.1) is 0 Å². The second kappa shape index (κ2) is 7.31. The summed E-state index contributed by atoms with van der Waals surface area (Å²) >= 11 is 0. The predicted molar refractivity (Wildman–Crippen MR) is 87.4 cm³/mol. The third-order valence-electron chi connectivity index (χ3n) is 4.20. The fraction of sp³-hybridized carbons (Fsp3) is 0.333. The van der Waals surface area contributed by atoms with E-state index in [1.54, 1.807) is 6.07 Å². The highest BCUT2D eigenvalue weighted by molar-refractivity contribution is 5.84. The molecule has 1 aliphatic heterocycles. The van der Waals surface area contributed by atoms with Crippen LogP contribution in [-0.4, -0.2) is 34.5 Å². The molecule has 2 heterocycles. The van der Waals surface area contributed by atoms with Crippen LogP contribution in [0.1, 0.15) is 34.7 Å². The average molecular weight is 328 g/mol. The summed E-state index contributed by atoms with van der Waals surface area (Å²) < 4.78 is 5.15. The third kappa shape index (κ3) is 3.83. The molecule has 126 valence electrons. The molecule has 0 bridgehead atoms. The fourth-order valence-electron chi connectivity index (χ4n) is 3.01. The molecule has 2 N–H and O–H groups in total. The molecule has 0 unspecified atom stereocenters. The summed E-state index contributed by atoms with van der Waals surface area (Å²) in [7, 11) is 0. The van der Waals surface area contributed by atoms with Crippen molar-refractivity contribution in [1.82, 2.24) is 10.2 Å². The number of nitrogens with zero attached hydrogens (tertiary/aromatic N) is 1. The van der Waals surface area contributed by atoms with Crippen LogP contribution in [-0.2, 0) is 17.9 Å². The number of amides is 1. The zero-order valence-corrected chi connectivity index (χ0v) is 13.3. The van der Waals surface area contributed by atoms with Crippen LogP contribution in [0.15, 0.2) is 46.9 Å². The molecule has 1 fully saturated rings. The van der Waals surface area contributed by atoms with Crippen molar-refractivity contribution < 1.29 is 19.1 Å². The fourth-order valence-corrected chi connectivity index (χ4v) is 3.01. The van der Waals surface area contributed by atoms with Crippen molar-refractivity contribution in [2.75, 3.05) is 6.54 Å². The van der Waals surface area contributed by atoms with Crippen molar-refractivity contribution in [3.63, 3.8) is 0 Å². The molecule has 2 aromatic rings. The number of aromatic carboxylic acids is 1. The number of carbonyl (C=O) groups is 2. The van der Waals surface area contributed by atoms with Gasteiger partial charge in [-0.2, -0.15) is 0 Å². The number of benzene rings is 1. The molecule has 24 heavy (non-hydrogen) atoms. The topological polar surface area (TPSA) is 82.8 Å². The summed E-state index contributed by atoms with van der Waals surface area (Å²) in [5.74, 6) is -0.840. The Morgan fingerprint density at radius 2 is 2.00 bits per heavy atom. The van der Waals surface area contributed by atoms with Gasteiger partial charge in [0.15, 0.2) is 0 Å². The lowest BCUT2D eigenvalue weighted by Gasteiger charge is -2.23. The maximum Gasteiger partial charge on any atom is 0.371 e. The Balaban J connectivity index is 1.56. The molecule has 1 aliphatic rings. The van der Waals surface area contributed by atoms with Crippen LogP contribution >= 0.6 is 0 Å². The van der Waals surface area contributed by atoms with Crippen LogP contribution in [0.4, 0.5) is 0 Å². The first-order valence-electron chi connectivity index (χ1n) is 8.01. The van der Waals surface area contributed by atoms with Gasteiger partial charge in [-0.15, -0.1) is 0 Å². The van der Waals surface area contributed by atoms with E-state index in [1.807, 2.05) is 18.2 Å². The molecule has 0 aliphatic carbocycles. The number of hydrogen-bond donors (Lipinski definition) is 2. The standard InChI is InChI=1S/C18H20N2O4/c21-17(19-11-14-8-9-16(24-14)18(22)23)15-7-4-10-20(15)12-13-5-2-1-3-6-13/h1-3,5-6,8-9,15H,4,7,10-12H2,(H,19,21)(H,22,23)/t15-/m1/s1. The van der Waals surface area contributed by atoms with E-state index in [4.69, 9.17) is 9.52 Å². The van der Waals surface area contributed by atoms with Gasteiger partial charge in [0, 0.05) is 6.54 Å². The Labute approximate surface area is 140 Å². The molecular weight excluding hydrogens is 308 g/mol. The van der Waals surface area contributed by atoms with Gasteiger partial charge in [-0.3, -0.25) is 9.69 Å². The van der Waals surface area contributed by atoms with Gasteiger partial charge >= 0.3 is 5.97 Å². The average Bonchev–Trinajstić information content (AvgIpc) is 3.23. The highest BCUT2D eigenvalue weighted by Gasteiger charge is 2.30. The zero-order valence-electron chi connectivity index (χ0n) is 13.3. The molecule has 0 saturated carbocycles. The number of carboxylic acids is 1. The Morgan fingerprint density at radius 3 is 2.71 bits per heavy atom. The Kier molecular flexibility index (Phi) is 4.96. The monoisotopic (exact) mass is 328 g/mol. The van der Waals surface area contributed by atoms with E-state index in [-0.39, 0.29) is 24.3 Å². The van der Waals surface area contributed by atoms with Gasteiger partial charge in [-0.05, 0) is 37.1 Å². The largest absolute Gasteiger partial charge is 0.475 e. The summed E-state index contributed by atoms with van der Waals surface area (Å²) in [5, 5.41) is 11.7. The van der Waals surface area contributed by atoms with Crippen molar-refractivity contribution in [1.29, 1.82) is 0 Å². The van der Waals surface area contributed by atoms with Crippen molar-refractivity contribution >= 4 is 11.9 Å². The smallest absolute Gasteiger partial charge is 0.371 e. The highest BCUT2D eigenvalue weighted by atomic mass is 16.4. The van der Waals surface area contributed by atoms with Gasteiger partial charge in [0.1, 0.15) is 5.76 Å². The molecule has 0 radical (unpaired) electrons. The minimum Gasteiger partial charge on any atom is -0.475 e. The Hall–Kier alpha value is -2.60. The van der Waals surface area contributed by atoms with Crippen LogP contribution in [0.2, 0.25) is 0 Å². The van der Waals surface area contributed by atoms with Gasteiger partial charge in [0.2, 0.25) is 11.7 Å². The quantitative estimate of drug-likeness (QED) is 0.850. The first-order chi connectivity index (χ1) is 11.6. The molecule has 6 nitrogen and oxygen atoms in total. The predicted octanol–water partition coefficient (Wildman–Crippen LogP) is 2.26. The number of carboxylic acid groups (broad SMARTS) is 1. The lowest BCUT2D eigenvalue weighted by atomic mass is 10.1. The Bertz CT molecular complexity index is 711. The maximum atomic E-state index is 12.4. The van der Waals surface area contributed by atoms with Crippen molar-refractivity contribution in [3.05, 3.63) is 59.5 Å². The van der Waals surface area contributed by atoms with Gasteiger partial charge in [-0.1, -0.05) is 30.3 Å². The molecule has 1 aromatic heterocycles. The highest BCUT2D eigenvalue weighted by Crippen LogP contribution is 2.20. The van der Waals surface area contributed by atoms with Crippen molar-refractivity contribution in [2.45, 2.75) is 32.0 Å². The third-order valence-corrected chi connectivity index (χ3v) is 4.20. The minimum absolute atomic E-state index is 0.0447. The first-order valence-corrected chi connectivity index (χ1v) is 8.01. The first kappa shape index (κ1) is 16.3. The number of carbonyl (C=O) groups excluding carboxylic acids is 1. The van der Waals surface area contributed by atoms with E-state index in [0.29, 0.717) is 5.76 Å². The number of nitrogens with one attached hydrogen (secondary N) is 1. The van der Waals surface area contributed by atoms with E-state index in [9.17, 15) is 9.59 Å². The van der Waals surface area contributed by atoms with E-state index >= 15 is 0 Å². The van der Waals surface area contributed by atoms with Gasteiger partial charge in [0.25, 0.3) is 0 Å². The van der Waals surface area contributed by atoms with Crippen molar-refractivity contribution in [3.8, 4) is 0 Å². The summed E-state index contributed by atoms with van der Waals surface area (Å²) in [6.07, 6.45) is 1.83. The summed E-state index contributed by atoms with van der Waals surface area (Å²) in [5.41, 5.74) is 1.19. The molecule has 3 rings (SSSR count). The second-order valence-corrected chi connectivity index (χ2v) is 5.90. The van der Waals surface area contributed by atoms with E-state index < -0.39 is 5.97 Å². The van der Waals surface area contributed by atoms with Gasteiger partial charge < -0.3 is 14.8 Å². The lowest BCUT2D eigenvalue weighted by molar-refractivity contribution is -0.125. The van der Waals surface area contributed by atoms with E-state index in [1.165, 1.54) is 11.6 Å². The summed E-state index contributed by atoms with van der Waals surface area (Å²) in [6.45, 7) is 1.85. The molecule has 0 spiro atoms. The normalized spacial score (nSPS) is 17.8. The van der Waals surface area contributed by atoms with Crippen LogP contribution in [0.25, 0.3) is 0 Å². The molecule has 1 saturated heterocycles. The van der Waals surface area contributed by atoms with Gasteiger partial charge in [0.05, 0.1) is 12.6 Å².